The van der Waals surface area contributed by atoms with Gasteiger partial charge in [0.1, 0.15) is 0 Å². The van der Waals surface area contributed by atoms with Crippen molar-refractivity contribution in [2.24, 2.45) is 4.99 Å². The van der Waals surface area contributed by atoms with E-state index in [4.69, 9.17) is 0 Å². The highest BCUT2D eigenvalue weighted by Gasteiger charge is 2.30. The van der Waals surface area contributed by atoms with Crippen LogP contribution in [0.3, 0.4) is 0 Å². The van der Waals surface area contributed by atoms with E-state index in [1.807, 2.05) is 30.3 Å². The normalized spacial score (nSPS) is 13.1. The minimum absolute atomic E-state index is 0.306. The summed E-state index contributed by atoms with van der Waals surface area (Å²) in [6, 6.07) is 9.94. The van der Waals surface area contributed by atoms with Crippen molar-refractivity contribution in [2.75, 3.05) is 19.8 Å². The maximum absolute atomic E-state index is 11.6. The van der Waals surface area contributed by atoms with Gasteiger partial charge in [-0.25, -0.2) is 8.42 Å². The van der Waals surface area contributed by atoms with Crippen molar-refractivity contribution in [2.45, 2.75) is 25.1 Å². The van der Waals surface area contributed by atoms with E-state index in [-0.39, 0.29) is 0 Å². The largest absolute Gasteiger partial charge is 0.355 e. The average molecular weight is 297 g/mol. The van der Waals surface area contributed by atoms with Gasteiger partial charge < -0.3 is 10.6 Å². The number of nitrogens with one attached hydrogen (secondary N) is 2. The zero-order chi connectivity index (χ0) is 15.2. The minimum Gasteiger partial charge on any atom is -0.355 e. The van der Waals surface area contributed by atoms with E-state index in [9.17, 15) is 8.42 Å². The number of rotatable bonds is 5. The van der Waals surface area contributed by atoms with E-state index < -0.39 is 14.6 Å². The van der Waals surface area contributed by atoms with E-state index in [2.05, 4.69) is 15.6 Å². The van der Waals surface area contributed by atoms with Gasteiger partial charge in [0.05, 0.1) is 4.75 Å². The number of guanidine groups is 1. The van der Waals surface area contributed by atoms with Gasteiger partial charge in [0.2, 0.25) is 0 Å². The Balaban J connectivity index is 2.53. The van der Waals surface area contributed by atoms with E-state index in [0.717, 1.165) is 5.56 Å². The van der Waals surface area contributed by atoms with Crippen LogP contribution in [0.4, 0.5) is 0 Å². The molecule has 1 rings (SSSR count). The molecule has 0 radical (unpaired) electrons. The lowest BCUT2D eigenvalue weighted by atomic mass is 10.2. The fourth-order valence-corrected chi connectivity index (χ4v) is 1.76. The van der Waals surface area contributed by atoms with Crippen LogP contribution in [0.25, 0.3) is 0 Å². The molecule has 0 heterocycles. The van der Waals surface area contributed by atoms with Crippen LogP contribution >= 0.6 is 0 Å². The summed E-state index contributed by atoms with van der Waals surface area (Å²) in [4.78, 5) is 4.09. The fraction of sp³-hybridized carbons (Fsp3) is 0.500. The summed E-state index contributed by atoms with van der Waals surface area (Å²) in [5.41, 5.74) is 1.14. The first-order chi connectivity index (χ1) is 9.26. The Kier molecular flexibility index (Phi) is 5.56. The van der Waals surface area contributed by atoms with Crippen LogP contribution in [0.1, 0.15) is 19.4 Å². The Morgan fingerprint density at radius 3 is 2.30 bits per heavy atom. The van der Waals surface area contributed by atoms with Crippen molar-refractivity contribution in [1.82, 2.24) is 10.6 Å². The SMILES string of the molecule is CN=C(NCc1ccccc1)NCC(C)(C)S(C)(=O)=O. The standard InChI is InChI=1S/C14H23N3O2S/c1-14(2,20(4,18)19)11-17-13(15-3)16-10-12-8-6-5-7-9-12/h5-9H,10-11H2,1-4H3,(H2,15,16,17). The number of hydrogen-bond donors (Lipinski definition) is 2. The van der Waals surface area contributed by atoms with Crippen LogP contribution in [-0.2, 0) is 16.4 Å². The average Bonchev–Trinajstić information content (AvgIpc) is 2.39. The molecule has 0 saturated heterocycles. The predicted octanol–water partition coefficient (Wildman–Crippen LogP) is 1.17. The zero-order valence-electron chi connectivity index (χ0n) is 12.5. The number of aliphatic imine (C=N–C) groups is 1. The topological polar surface area (TPSA) is 70.6 Å². The summed E-state index contributed by atoms with van der Waals surface area (Å²) in [6.45, 7) is 4.33. The van der Waals surface area contributed by atoms with E-state index in [1.165, 1.54) is 6.26 Å². The lowest BCUT2D eigenvalue weighted by Crippen LogP contribution is -2.47. The lowest BCUT2D eigenvalue weighted by molar-refractivity contribution is 0.544. The van der Waals surface area contributed by atoms with Gasteiger partial charge in [-0.2, -0.15) is 0 Å². The van der Waals surface area contributed by atoms with Crippen LogP contribution < -0.4 is 10.6 Å². The van der Waals surface area contributed by atoms with Crippen molar-refractivity contribution >= 4 is 15.8 Å². The van der Waals surface area contributed by atoms with E-state index in [1.54, 1.807) is 20.9 Å². The third-order valence-electron chi connectivity index (χ3n) is 3.21. The molecule has 0 aliphatic rings. The molecule has 0 atom stereocenters. The second-order valence-electron chi connectivity index (χ2n) is 5.30. The van der Waals surface area contributed by atoms with Gasteiger partial charge in [0, 0.05) is 26.4 Å². The number of nitrogens with zero attached hydrogens (tertiary/aromatic N) is 1. The highest BCUT2D eigenvalue weighted by atomic mass is 32.2. The molecule has 0 fully saturated rings. The number of sulfone groups is 1. The molecule has 0 bridgehead atoms. The third kappa shape index (κ3) is 4.85. The first-order valence-corrected chi connectivity index (χ1v) is 8.33. The Hall–Kier alpha value is -1.56. The Morgan fingerprint density at radius 1 is 1.20 bits per heavy atom. The summed E-state index contributed by atoms with van der Waals surface area (Å²) in [7, 11) is -1.46. The monoisotopic (exact) mass is 297 g/mol. The maximum Gasteiger partial charge on any atom is 0.191 e. The predicted molar refractivity (Wildman–Crippen MR) is 83.6 cm³/mol. The van der Waals surface area contributed by atoms with Crippen molar-refractivity contribution in [1.29, 1.82) is 0 Å². The second-order valence-corrected chi connectivity index (χ2v) is 7.95. The first-order valence-electron chi connectivity index (χ1n) is 6.44. The molecule has 2 N–H and O–H groups in total. The smallest absolute Gasteiger partial charge is 0.191 e. The highest BCUT2D eigenvalue weighted by molar-refractivity contribution is 7.92. The van der Waals surface area contributed by atoms with Crippen LogP contribution in [-0.4, -0.2) is 39.0 Å². The summed E-state index contributed by atoms with van der Waals surface area (Å²) in [5, 5.41) is 6.20. The van der Waals surface area contributed by atoms with Gasteiger partial charge in [-0.1, -0.05) is 30.3 Å². The summed E-state index contributed by atoms with van der Waals surface area (Å²) >= 11 is 0. The molecule has 0 amide bonds. The lowest BCUT2D eigenvalue weighted by Gasteiger charge is -2.24. The van der Waals surface area contributed by atoms with Gasteiger partial charge >= 0.3 is 0 Å². The second kappa shape index (κ2) is 6.74. The molecule has 112 valence electrons. The Bertz CT molecular complexity index is 551. The maximum atomic E-state index is 11.6. The molecular formula is C14H23N3O2S. The summed E-state index contributed by atoms with van der Waals surface area (Å²) < 4.78 is 22.4. The Morgan fingerprint density at radius 2 is 1.80 bits per heavy atom. The molecule has 0 aromatic heterocycles. The molecule has 20 heavy (non-hydrogen) atoms. The molecular weight excluding hydrogens is 274 g/mol. The minimum atomic E-state index is -3.12. The van der Waals surface area contributed by atoms with Gasteiger partial charge in [-0.05, 0) is 19.4 Å². The van der Waals surface area contributed by atoms with Crippen molar-refractivity contribution in [3.8, 4) is 0 Å². The van der Waals surface area contributed by atoms with Gasteiger partial charge in [0.25, 0.3) is 0 Å². The third-order valence-corrected chi connectivity index (χ3v) is 5.36. The first kappa shape index (κ1) is 16.5. The van der Waals surface area contributed by atoms with Crippen LogP contribution in [0.2, 0.25) is 0 Å². The summed E-state index contributed by atoms with van der Waals surface area (Å²) in [6.07, 6.45) is 1.24. The van der Waals surface area contributed by atoms with E-state index >= 15 is 0 Å². The fourth-order valence-electron chi connectivity index (χ4n) is 1.43. The molecule has 0 spiro atoms. The van der Waals surface area contributed by atoms with E-state index in [0.29, 0.717) is 19.0 Å². The molecule has 0 aliphatic heterocycles. The Labute approximate surface area is 121 Å². The molecule has 0 aliphatic carbocycles. The number of hydrogen-bond acceptors (Lipinski definition) is 3. The van der Waals surface area contributed by atoms with Crippen molar-refractivity contribution in [3.05, 3.63) is 35.9 Å². The zero-order valence-corrected chi connectivity index (χ0v) is 13.3. The van der Waals surface area contributed by atoms with Crippen molar-refractivity contribution < 1.29 is 8.42 Å². The van der Waals surface area contributed by atoms with Crippen molar-refractivity contribution in [3.63, 3.8) is 0 Å². The quantitative estimate of drug-likeness (QED) is 0.632. The number of benzene rings is 1. The van der Waals surface area contributed by atoms with Crippen LogP contribution in [0.15, 0.2) is 35.3 Å². The molecule has 0 saturated carbocycles. The molecule has 6 heteroatoms. The molecule has 1 aromatic carbocycles. The summed E-state index contributed by atoms with van der Waals surface area (Å²) in [5.74, 6) is 0.588. The van der Waals surface area contributed by atoms with Gasteiger partial charge in [-0.15, -0.1) is 0 Å². The van der Waals surface area contributed by atoms with Crippen LogP contribution in [0, 0.1) is 0 Å². The van der Waals surface area contributed by atoms with Crippen LogP contribution in [0.5, 0.6) is 0 Å². The molecule has 5 nitrogen and oxygen atoms in total. The highest BCUT2D eigenvalue weighted by Crippen LogP contribution is 2.13. The van der Waals surface area contributed by atoms with Gasteiger partial charge in [0.15, 0.2) is 15.8 Å². The molecule has 1 aromatic rings. The molecule has 0 unspecified atom stereocenters. The van der Waals surface area contributed by atoms with Gasteiger partial charge in [-0.3, -0.25) is 4.99 Å².